The van der Waals surface area contributed by atoms with Crippen molar-refractivity contribution in [3.05, 3.63) is 84.2 Å². The van der Waals surface area contributed by atoms with Gasteiger partial charge in [-0.15, -0.1) is 0 Å². The van der Waals surface area contributed by atoms with E-state index in [-0.39, 0.29) is 17.8 Å². The number of morpholine rings is 1. The molecule has 1 fully saturated rings. The van der Waals surface area contributed by atoms with E-state index >= 15 is 0 Å². The zero-order valence-electron chi connectivity index (χ0n) is 23.9. The van der Waals surface area contributed by atoms with Crippen LogP contribution in [0, 0.1) is 0 Å². The zero-order chi connectivity index (χ0) is 30.1. The van der Waals surface area contributed by atoms with Gasteiger partial charge in [0.15, 0.2) is 5.96 Å². The Morgan fingerprint density at radius 3 is 2.76 bits per heavy atom. The number of methoxy groups -OCH3 is 1. The molecule has 2 heterocycles. The molecule has 0 bridgehead atoms. The normalized spacial score (nSPS) is 19.3. The van der Waals surface area contributed by atoms with Crippen LogP contribution in [0.1, 0.15) is 31.4 Å². The molecule has 1 saturated heterocycles. The van der Waals surface area contributed by atoms with Crippen LogP contribution in [0.2, 0.25) is 0 Å². The number of rotatable bonds is 12. The van der Waals surface area contributed by atoms with E-state index in [1.54, 1.807) is 31.4 Å². The Balaban J connectivity index is 1.44. The largest absolute Gasteiger partial charge is 0.499 e. The highest BCUT2D eigenvalue weighted by atomic mass is 19.3. The van der Waals surface area contributed by atoms with E-state index in [1.807, 2.05) is 19.1 Å². The highest BCUT2D eigenvalue weighted by molar-refractivity contribution is 5.88. The van der Waals surface area contributed by atoms with Gasteiger partial charge >= 0.3 is 6.55 Å². The Labute approximate surface area is 244 Å². The van der Waals surface area contributed by atoms with Crippen molar-refractivity contribution < 1.29 is 27.8 Å². The number of nitrogens with one attached hydrogen (secondary N) is 2. The maximum atomic E-state index is 13.5. The number of alkyl halides is 2. The lowest BCUT2D eigenvalue weighted by molar-refractivity contribution is -0.116. The van der Waals surface area contributed by atoms with Crippen molar-refractivity contribution in [2.24, 2.45) is 10.7 Å². The third-order valence-corrected chi connectivity index (χ3v) is 7.17. The van der Waals surface area contributed by atoms with Crippen molar-refractivity contribution >= 4 is 22.8 Å². The second kappa shape index (κ2) is 14.8. The Hall–Kier alpha value is -4.00. The van der Waals surface area contributed by atoms with Crippen LogP contribution in [0.5, 0.6) is 0 Å². The van der Waals surface area contributed by atoms with Gasteiger partial charge in [-0.05, 0) is 23.8 Å². The van der Waals surface area contributed by atoms with Crippen LogP contribution < -0.4 is 16.4 Å². The van der Waals surface area contributed by atoms with E-state index < -0.39 is 12.7 Å². The quantitative estimate of drug-likeness (QED) is 0.198. The van der Waals surface area contributed by atoms with Crippen molar-refractivity contribution in [2.75, 3.05) is 46.6 Å². The molecule has 2 unspecified atom stereocenters. The number of fused-ring (bicyclic) bond motifs is 1. The van der Waals surface area contributed by atoms with Crippen LogP contribution in [0.3, 0.4) is 0 Å². The molecule has 4 rings (SSSR count). The number of carbonyl (C=O) groups excluding carboxylic acids is 1. The Morgan fingerprint density at radius 2 is 2.05 bits per heavy atom. The van der Waals surface area contributed by atoms with E-state index in [9.17, 15) is 13.6 Å². The van der Waals surface area contributed by atoms with Gasteiger partial charge in [-0.3, -0.25) is 14.3 Å². The van der Waals surface area contributed by atoms with Gasteiger partial charge in [0.2, 0.25) is 5.91 Å². The number of para-hydroxylation sites is 1. The van der Waals surface area contributed by atoms with Gasteiger partial charge in [0.25, 0.3) is 0 Å². The number of hydrogen-bond donors (Lipinski definition) is 3. The summed E-state index contributed by atoms with van der Waals surface area (Å²) in [5.41, 5.74) is 8.45. The van der Waals surface area contributed by atoms with Crippen LogP contribution in [0.25, 0.3) is 10.9 Å². The van der Waals surface area contributed by atoms with Gasteiger partial charge in [-0.25, -0.2) is 4.99 Å². The Bertz CT molecular complexity index is 1380. The first-order chi connectivity index (χ1) is 20.3. The van der Waals surface area contributed by atoms with Crippen molar-refractivity contribution in [3.8, 4) is 0 Å². The fourth-order valence-corrected chi connectivity index (χ4v) is 4.91. The van der Waals surface area contributed by atoms with Crippen LogP contribution in [-0.4, -0.2) is 74.0 Å². The lowest BCUT2D eigenvalue weighted by Gasteiger charge is -2.30. The van der Waals surface area contributed by atoms with Crippen molar-refractivity contribution in [3.63, 3.8) is 0 Å². The summed E-state index contributed by atoms with van der Waals surface area (Å²) in [4.78, 5) is 18.7. The highest BCUT2D eigenvalue weighted by Crippen LogP contribution is 2.31. The molecule has 42 heavy (non-hydrogen) atoms. The van der Waals surface area contributed by atoms with E-state index in [0.717, 1.165) is 35.2 Å². The van der Waals surface area contributed by atoms with Gasteiger partial charge in [0, 0.05) is 55.5 Å². The number of allylic oxidation sites excluding steroid dienone is 2. The summed E-state index contributed by atoms with van der Waals surface area (Å²) in [7, 11) is 1.55. The number of nitrogens with zero attached hydrogens (tertiary/aromatic N) is 3. The monoisotopic (exact) mass is 584 g/mol. The number of hydrogen-bond acceptors (Lipinski definition) is 6. The number of benzene rings is 1. The number of aromatic nitrogens is 1. The minimum absolute atomic E-state index is 0.0790. The summed E-state index contributed by atoms with van der Waals surface area (Å²) in [6.07, 6.45) is 7.59. The fourth-order valence-electron chi connectivity index (χ4n) is 4.91. The molecule has 0 radical (unpaired) electrons. The molecule has 1 aliphatic heterocycles. The van der Waals surface area contributed by atoms with Gasteiger partial charge in [0.05, 0.1) is 38.1 Å². The third-order valence-electron chi connectivity index (χ3n) is 7.17. The molecule has 2 aliphatic rings. The summed E-state index contributed by atoms with van der Waals surface area (Å²) in [6.45, 7) is 7.12. The van der Waals surface area contributed by atoms with E-state index in [4.69, 9.17) is 19.9 Å². The van der Waals surface area contributed by atoms with Gasteiger partial charge in [-0.1, -0.05) is 37.8 Å². The lowest BCUT2D eigenvalue weighted by Crippen LogP contribution is -2.40. The first-order valence-electron chi connectivity index (χ1n) is 13.8. The van der Waals surface area contributed by atoms with Gasteiger partial charge in [0.1, 0.15) is 11.9 Å². The Kier molecular flexibility index (Phi) is 10.9. The van der Waals surface area contributed by atoms with Gasteiger partial charge in [-0.2, -0.15) is 8.78 Å². The number of halogens is 2. The standard InChI is InChI=1S/C30H38F2N6O4/c1-4-28(39)35-24-17-23(26(40-3)18-27(24)42-16-13-37-11-14-41-15-12-37)36-30(33)34-10-9-20(2)22-19-38(29(31)32)25-8-6-5-7-21(22)25/h4-10,17,19-20,27,29H,1,11-16,18H2,2-3H3,(H,35,39)(H3,33,34,36)/b10-9-. The van der Waals surface area contributed by atoms with Crippen molar-refractivity contribution in [1.82, 2.24) is 20.1 Å². The lowest BCUT2D eigenvalue weighted by atomic mass is 10.0. The number of amides is 1. The van der Waals surface area contributed by atoms with Crippen LogP contribution in [-0.2, 0) is 19.0 Å². The molecule has 1 amide bonds. The fraction of sp³-hybridized carbons (Fsp3) is 0.400. The number of guanidine groups is 1. The first-order valence-corrected chi connectivity index (χ1v) is 13.8. The maximum Gasteiger partial charge on any atom is 0.319 e. The molecule has 1 aromatic carbocycles. The van der Waals surface area contributed by atoms with Gasteiger partial charge < -0.3 is 30.6 Å². The maximum absolute atomic E-state index is 13.5. The molecule has 0 spiro atoms. The third kappa shape index (κ3) is 7.84. The molecule has 2 atom stereocenters. The smallest absolute Gasteiger partial charge is 0.319 e. The van der Waals surface area contributed by atoms with E-state index in [0.29, 0.717) is 48.9 Å². The second-order valence-corrected chi connectivity index (χ2v) is 9.91. The molecular formula is C30H38F2N6O4. The summed E-state index contributed by atoms with van der Waals surface area (Å²) in [5.74, 6) is 0.0921. The SMILES string of the molecule is C=CC(=O)NC1=CC(NC(N)=N/C=C\C(C)c2cn(C(F)F)c3ccccc23)=C(OC)CC1OCCN1CCOCC1. The molecule has 1 aromatic heterocycles. The predicted molar refractivity (Wildman–Crippen MR) is 158 cm³/mol. The second-order valence-electron chi connectivity index (χ2n) is 9.91. The number of ether oxygens (including phenoxy) is 3. The Morgan fingerprint density at radius 1 is 1.29 bits per heavy atom. The molecule has 226 valence electrons. The summed E-state index contributed by atoms with van der Waals surface area (Å²) >= 11 is 0. The molecule has 0 saturated carbocycles. The average Bonchev–Trinajstić information content (AvgIpc) is 3.39. The minimum atomic E-state index is -2.64. The topological polar surface area (TPSA) is 115 Å². The van der Waals surface area contributed by atoms with Crippen molar-refractivity contribution in [2.45, 2.75) is 31.9 Å². The molecular weight excluding hydrogens is 546 g/mol. The zero-order valence-corrected chi connectivity index (χ0v) is 23.9. The first kappa shape index (κ1) is 30.9. The van der Waals surface area contributed by atoms with Crippen LogP contribution in [0.15, 0.2) is 83.6 Å². The molecule has 12 heteroatoms. The van der Waals surface area contributed by atoms with Crippen LogP contribution in [0.4, 0.5) is 8.78 Å². The summed E-state index contributed by atoms with van der Waals surface area (Å²) < 4.78 is 45.2. The van der Waals surface area contributed by atoms with Crippen molar-refractivity contribution in [1.29, 1.82) is 0 Å². The molecule has 1 aliphatic carbocycles. The number of carbonyl (C=O) groups is 1. The summed E-state index contributed by atoms with van der Waals surface area (Å²) in [5, 5.41) is 6.60. The van der Waals surface area contributed by atoms with E-state index in [2.05, 4.69) is 27.1 Å². The van der Waals surface area contributed by atoms with Crippen LogP contribution >= 0.6 is 0 Å². The van der Waals surface area contributed by atoms with E-state index in [1.165, 1.54) is 18.5 Å². The number of nitrogens with two attached hydrogens (primary N) is 1. The molecule has 2 aromatic rings. The molecule has 4 N–H and O–H groups in total. The molecule has 10 nitrogen and oxygen atoms in total. The predicted octanol–water partition coefficient (Wildman–Crippen LogP) is 3.72. The highest BCUT2D eigenvalue weighted by Gasteiger charge is 2.27. The number of aliphatic imine (C=N–C) groups is 1. The minimum Gasteiger partial charge on any atom is -0.499 e. The summed E-state index contributed by atoms with van der Waals surface area (Å²) in [6, 6.07) is 7.05. The average molecular weight is 585 g/mol.